The Bertz CT molecular complexity index is 562. The molecule has 0 saturated heterocycles. The molecule has 1 aliphatic rings. The van der Waals surface area contributed by atoms with Gasteiger partial charge in [-0.1, -0.05) is 24.3 Å². The summed E-state index contributed by atoms with van der Waals surface area (Å²) in [4.78, 5) is 0. The van der Waals surface area contributed by atoms with E-state index in [1.807, 2.05) is 12.1 Å². The molecule has 2 heterocycles. The van der Waals surface area contributed by atoms with Crippen LogP contribution in [0.25, 0.3) is 11.4 Å². The standard InChI is InChI=1S/C14H17N3O/c1-10-4-2-3-5-12(10)14-16-15-13-7-6-11(9-18)8-17(13)14/h2-5,11,18H,6-9H2,1H3. The molecule has 1 atom stereocenters. The van der Waals surface area contributed by atoms with Crippen molar-refractivity contribution < 1.29 is 5.11 Å². The summed E-state index contributed by atoms with van der Waals surface area (Å²) in [5.74, 6) is 2.30. The second-order valence-corrected chi connectivity index (χ2v) is 4.95. The summed E-state index contributed by atoms with van der Waals surface area (Å²) in [6.45, 7) is 3.15. The zero-order chi connectivity index (χ0) is 12.5. The Balaban J connectivity index is 2.05. The predicted molar refractivity (Wildman–Crippen MR) is 69.1 cm³/mol. The number of hydrogen-bond acceptors (Lipinski definition) is 3. The second-order valence-electron chi connectivity index (χ2n) is 4.95. The maximum Gasteiger partial charge on any atom is 0.164 e. The fraction of sp³-hybridized carbons (Fsp3) is 0.429. The first-order chi connectivity index (χ1) is 8.79. The van der Waals surface area contributed by atoms with Crippen LogP contribution in [-0.4, -0.2) is 26.5 Å². The van der Waals surface area contributed by atoms with Crippen LogP contribution >= 0.6 is 0 Å². The lowest BCUT2D eigenvalue weighted by atomic mass is 9.99. The Labute approximate surface area is 106 Å². The van der Waals surface area contributed by atoms with Crippen LogP contribution in [0.3, 0.4) is 0 Å². The van der Waals surface area contributed by atoms with Gasteiger partial charge in [-0.15, -0.1) is 10.2 Å². The summed E-state index contributed by atoms with van der Waals surface area (Å²) in [5, 5.41) is 17.9. The first-order valence-corrected chi connectivity index (χ1v) is 6.38. The van der Waals surface area contributed by atoms with Gasteiger partial charge in [-0.25, -0.2) is 0 Å². The largest absolute Gasteiger partial charge is 0.396 e. The summed E-state index contributed by atoms with van der Waals surface area (Å²) in [6.07, 6.45) is 1.91. The van der Waals surface area contributed by atoms with Crippen LogP contribution in [0.4, 0.5) is 0 Å². The van der Waals surface area contributed by atoms with Crippen LogP contribution < -0.4 is 0 Å². The molecular weight excluding hydrogens is 226 g/mol. The van der Waals surface area contributed by atoms with Gasteiger partial charge in [-0.2, -0.15) is 0 Å². The van der Waals surface area contributed by atoms with Crippen LogP contribution in [-0.2, 0) is 13.0 Å². The van der Waals surface area contributed by atoms with E-state index in [-0.39, 0.29) is 6.61 Å². The summed E-state index contributed by atoms with van der Waals surface area (Å²) in [7, 11) is 0. The third-order valence-electron chi connectivity index (χ3n) is 3.69. The highest BCUT2D eigenvalue weighted by Gasteiger charge is 2.23. The van der Waals surface area contributed by atoms with Crippen molar-refractivity contribution in [2.45, 2.75) is 26.3 Å². The molecule has 18 heavy (non-hydrogen) atoms. The Kier molecular flexibility index (Phi) is 2.88. The van der Waals surface area contributed by atoms with E-state index in [0.29, 0.717) is 5.92 Å². The van der Waals surface area contributed by atoms with Gasteiger partial charge in [-0.05, 0) is 18.9 Å². The van der Waals surface area contributed by atoms with Crippen molar-refractivity contribution in [3.8, 4) is 11.4 Å². The van der Waals surface area contributed by atoms with Crippen LogP contribution in [0.1, 0.15) is 17.8 Å². The van der Waals surface area contributed by atoms with Crippen molar-refractivity contribution in [3.05, 3.63) is 35.7 Å². The van der Waals surface area contributed by atoms with E-state index in [4.69, 9.17) is 0 Å². The average molecular weight is 243 g/mol. The van der Waals surface area contributed by atoms with E-state index >= 15 is 0 Å². The van der Waals surface area contributed by atoms with E-state index in [2.05, 4.69) is 33.8 Å². The minimum absolute atomic E-state index is 0.241. The van der Waals surface area contributed by atoms with E-state index in [9.17, 15) is 5.11 Å². The lowest BCUT2D eigenvalue weighted by Crippen LogP contribution is -2.23. The maximum atomic E-state index is 9.32. The number of fused-ring (bicyclic) bond motifs is 1. The molecule has 4 nitrogen and oxygen atoms in total. The highest BCUT2D eigenvalue weighted by atomic mass is 16.3. The molecule has 94 valence electrons. The third-order valence-corrected chi connectivity index (χ3v) is 3.69. The Morgan fingerprint density at radius 1 is 1.33 bits per heavy atom. The molecule has 0 fully saturated rings. The first-order valence-electron chi connectivity index (χ1n) is 6.38. The zero-order valence-corrected chi connectivity index (χ0v) is 10.5. The minimum atomic E-state index is 0.241. The normalized spacial score (nSPS) is 18.7. The van der Waals surface area contributed by atoms with Gasteiger partial charge in [0.05, 0.1) is 0 Å². The molecule has 2 aromatic rings. The SMILES string of the molecule is Cc1ccccc1-c1nnc2n1CC(CO)CC2. The average Bonchev–Trinajstić information content (AvgIpc) is 2.82. The summed E-state index contributed by atoms with van der Waals surface area (Å²) < 4.78 is 2.16. The molecule has 4 heteroatoms. The van der Waals surface area contributed by atoms with Crippen molar-refractivity contribution in [2.24, 2.45) is 5.92 Å². The minimum Gasteiger partial charge on any atom is -0.396 e. The Morgan fingerprint density at radius 3 is 2.94 bits per heavy atom. The molecule has 0 amide bonds. The van der Waals surface area contributed by atoms with Crippen LogP contribution in [0.2, 0.25) is 0 Å². The molecule has 1 N–H and O–H groups in total. The van der Waals surface area contributed by atoms with E-state index < -0.39 is 0 Å². The maximum absolute atomic E-state index is 9.32. The number of nitrogens with zero attached hydrogens (tertiary/aromatic N) is 3. The molecule has 1 aromatic carbocycles. The molecule has 3 rings (SSSR count). The first kappa shape index (κ1) is 11.4. The van der Waals surface area contributed by atoms with E-state index in [1.54, 1.807) is 0 Å². The van der Waals surface area contributed by atoms with Crippen LogP contribution in [0.15, 0.2) is 24.3 Å². The Hall–Kier alpha value is -1.68. The summed E-state index contributed by atoms with van der Waals surface area (Å²) >= 11 is 0. The van der Waals surface area contributed by atoms with Gasteiger partial charge in [0.1, 0.15) is 5.82 Å². The van der Waals surface area contributed by atoms with E-state index in [1.165, 1.54) is 5.56 Å². The smallest absolute Gasteiger partial charge is 0.164 e. The number of aliphatic hydroxyl groups excluding tert-OH is 1. The molecule has 1 unspecified atom stereocenters. The number of aliphatic hydroxyl groups is 1. The van der Waals surface area contributed by atoms with Crippen molar-refractivity contribution >= 4 is 0 Å². The highest BCUT2D eigenvalue weighted by molar-refractivity contribution is 5.60. The van der Waals surface area contributed by atoms with Gasteiger partial charge in [0, 0.05) is 31.1 Å². The number of aryl methyl sites for hydroxylation is 2. The predicted octanol–water partition coefficient (Wildman–Crippen LogP) is 1.81. The molecule has 0 bridgehead atoms. The molecule has 0 saturated carbocycles. The van der Waals surface area contributed by atoms with Gasteiger partial charge >= 0.3 is 0 Å². The van der Waals surface area contributed by atoms with Gasteiger partial charge < -0.3 is 9.67 Å². The van der Waals surface area contributed by atoms with Gasteiger partial charge in [-0.3, -0.25) is 0 Å². The third kappa shape index (κ3) is 1.82. The molecule has 0 aliphatic carbocycles. The van der Waals surface area contributed by atoms with Crippen molar-refractivity contribution in [1.29, 1.82) is 0 Å². The fourth-order valence-corrected chi connectivity index (χ4v) is 2.57. The van der Waals surface area contributed by atoms with Gasteiger partial charge in [0.15, 0.2) is 5.82 Å². The van der Waals surface area contributed by atoms with Crippen molar-refractivity contribution in [2.75, 3.05) is 6.61 Å². The molecule has 0 spiro atoms. The van der Waals surface area contributed by atoms with E-state index in [0.717, 1.165) is 36.6 Å². The Morgan fingerprint density at radius 2 is 2.17 bits per heavy atom. The van der Waals surface area contributed by atoms with Crippen LogP contribution in [0, 0.1) is 12.8 Å². The number of hydrogen-bond donors (Lipinski definition) is 1. The number of benzene rings is 1. The topological polar surface area (TPSA) is 50.9 Å². The quantitative estimate of drug-likeness (QED) is 0.875. The number of rotatable bonds is 2. The van der Waals surface area contributed by atoms with Crippen molar-refractivity contribution in [1.82, 2.24) is 14.8 Å². The monoisotopic (exact) mass is 243 g/mol. The molecular formula is C14H17N3O. The highest BCUT2D eigenvalue weighted by Crippen LogP contribution is 2.27. The van der Waals surface area contributed by atoms with Gasteiger partial charge in [0.2, 0.25) is 0 Å². The number of aromatic nitrogens is 3. The van der Waals surface area contributed by atoms with Crippen molar-refractivity contribution in [3.63, 3.8) is 0 Å². The van der Waals surface area contributed by atoms with Crippen LogP contribution in [0.5, 0.6) is 0 Å². The lowest BCUT2D eigenvalue weighted by Gasteiger charge is -2.22. The molecule has 1 aromatic heterocycles. The second kappa shape index (κ2) is 4.53. The summed E-state index contributed by atoms with van der Waals surface area (Å²) in [5.41, 5.74) is 2.34. The molecule has 0 radical (unpaired) electrons. The lowest BCUT2D eigenvalue weighted by molar-refractivity contribution is 0.191. The molecule has 1 aliphatic heterocycles. The fourth-order valence-electron chi connectivity index (χ4n) is 2.57. The summed E-state index contributed by atoms with van der Waals surface area (Å²) in [6, 6.07) is 8.22. The van der Waals surface area contributed by atoms with Gasteiger partial charge in [0.25, 0.3) is 0 Å². The zero-order valence-electron chi connectivity index (χ0n) is 10.5.